The van der Waals surface area contributed by atoms with Gasteiger partial charge in [0.25, 0.3) is 0 Å². The molecular formula is C9H13O5P. The van der Waals surface area contributed by atoms with Crippen molar-refractivity contribution in [3.63, 3.8) is 0 Å². The summed E-state index contributed by atoms with van der Waals surface area (Å²) in [6.07, 6.45) is 0. The molecule has 6 heteroatoms. The monoisotopic (exact) mass is 232 g/mol. The van der Waals surface area contributed by atoms with Gasteiger partial charge in [-0.3, -0.25) is 9.05 Å². The highest BCUT2D eigenvalue weighted by Gasteiger charge is 2.24. The minimum atomic E-state index is -3.47. The van der Waals surface area contributed by atoms with Crippen molar-refractivity contribution >= 4 is 7.82 Å². The zero-order valence-electron chi connectivity index (χ0n) is 8.80. The van der Waals surface area contributed by atoms with E-state index in [0.717, 1.165) is 0 Å². The SMILES string of the molecule is COc1ccc(OP(=O)(OC)OC)cc1. The summed E-state index contributed by atoms with van der Waals surface area (Å²) in [5, 5.41) is 0. The number of ether oxygens (including phenoxy) is 1. The van der Waals surface area contributed by atoms with Gasteiger partial charge in [-0.2, -0.15) is 0 Å². The first kappa shape index (κ1) is 12.0. The molecule has 0 aliphatic heterocycles. The number of phosphoric acid groups is 1. The molecule has 0 fully saturated rings. The predicted molar refractivity (Wildman–Crippen MR) is 55.2 cm³/mol. The fraction of sp³-hybridized carbons (Fsp3) is 0.333. The molecule has 0 radical (unpaired) electrons. The van der Waals surface area contributed by atoms with Crippen molar-refractivity contribution in [2.45, 2.75) is 0 Å². The van der Waals surface area contributed by atoms with E-state index >= 15 is 0 Å². The average molecular weight is 232 g/mol. The van der Waals surface area contributed by atoms with Crippen LogP contribution in [0.3, 0.4) is 0 Å². The van der Waals surface area contributed by atoms with E-state index in [0.29, 0.717) is 11.5 Å². The zero-order chi connectivity index (χ0) is 11.3. The number of methoxy groups -OCH3 is 1. The van der Waals surface area contributed by atoms with Gasteiger partial charge in [0.05, 0.1) is 7.11 Å². The van der Waals surface area contributed by atoms with Gasteiger partial charge in [-0.15, -0.1) is 0 Å². The van der Waals surface area contributed by atoms with Gasteiger partial charge >= 0.3 is 7.82 Å². The summed E-state index contributed by atoms with van der Waals surface area (Å²) < 4.78 is 30.9. The van der Waals surface area contributed by atoms with Crippen LogP contribution in [-0.4, -0.2) is 21.3 Å². The Labute approximate surface area is 88.5 Å². The standard InChI is InChI=1S/C9H13O5P/c1-11-8-4-6-9(7-5-8)14-15(10,12-2)13-3/h4-7H,1-3H3. The van der Waals surface area contributed by atoms with Crippen LogP contribution >= 0.6 is 7.82 Å². The number of benzene rings is 1. The van der Waals surface area contributed by atoms with E-state index in [9.17, 15) is 4.57 Å². The molecule has 1 rings (SSSR count). The molecule has 1 aromatic rings. The molecule has 0 atom stereocenters. The fourth-order valence-corrected chi connectivity index (χ4v) is 1.59. The molecule has 0 aromatic heterocycles. The Morgan fingerprint density at radius 1 is 0.933 bits per heavy atom. The normalized spacial score (nSPS) is 11.1. The summed E-state index contributed by atoms with van der Waals surface area (Å²) in [6, 6.07) is 6.60. The van der Waals surface area contributed by atoms with E-state index < -0.39 is 7.82 Å². The number of rotatable bonds is 5. The molecule has 0 heterocycles. The number of phosphoric ester groups is 1. The Hall–Kier alpha value is -1.03. The van der Waals surface area contributed by atoms with Gasteiger partial charge in [-0.25, -0.2) is 4.57 Å². The molecule has 0 saturated carbocycles. The highest BCUT2D eigenvalue weighted by Crippen LogP contribution is 2.47. The lowest BCUT2D eigenvalue weighted by atomic mass is 10.3. The van der Waals surface area contributed by atoms with Crippen LogP contribution in [0, 0.1) is 0 Å². The Balaban J connectivity index is 2.76. The molecule has 0 bridgehead atoms. The third kappa shape index (κ3) is 3.23. The van der Waals surface area contributed by atoms with E-state index in [4.69, 9.17) is 9.26 Å². The van der Waals surface area contributed by atoms with Gasteiger partial charge in [0.1, 0.15) is 11.5 Å². The van der Waals surface area contributed by atoms with Crippen molar-refractivity contribution in [1.82, 2.24) is 0 Å². The highest BCUT2D eigenvalue weighted by molar-refractivity contribution is 7.48. The van der Waals surface area contributed by atoms with Crippen molar-refractivity contribution in [2.75, 3.05) is 21.3 Å². The van der Waals surface area contributed by atoms with Crippen LogP contribution in [0.1, 0.15) is 0 Å². The van der Waals surface area contributed by atoms with E-state index in [1.165, 1.54) is 14.2 Å². The third-order valence-electron chi connectivity index (χ3n) is 1.72. The van der Waals surface area contributed by atoms with E-state index in [2.05, 4.69) is 9.05 Å². The van der Waals surface area contributed by atoms with Crippen LogP contribution in [0.25, 0.3) is 0 Å². The van der Waals surface area contributed by atoms with Crippen molar-refractivity contribution < 1.29 is 22.9 Å². The van der Waals surface area contributed by atoms with Gasteiger partial charge in [-0.05, 0) is 24.3 Å². The van der Waals surface area contributed by atoms with Gasteiger partial charge in [0, 0.05) is 14.2 Å². The summed E-state index contributed by atoms with van der Waals surface area (Å²) in [4.78, 5) is 0. The second-order valence-corrected chi connectivity index (χ2v) is 4.39. The van der Waals surface area contributed by atoms with Crippen LogP contribution < -0.4 is 9.26 Å². The van der Waals surface area contributed by atoms with Gasteiger partial charge in [0.15, 0.2) is 0 Å². The third-order valence-corrected chi connectivity index (χ3v) is 3.05. The summed E-state index contributed by atoms with van der Waals surface area (Å²) in [7, 11) is 0.609. The largest absolute Gasteiger partial charge is 0.529 e. The van der Waals surface area contributed by atoms with Crippen LogP contribution in [0.5, 0.6) is 11.5 Å². The maximum Gasteiger partial charge on any atom is 0.529 e. The second-order valence-electron chi connectivity index (χ2n) is 2.58. The lowest BCUT2D eigenvalue weighted by molar-refractivity contribution is 0.211. The van der Waals surface area contributed by atoms with Crippen LogP contribution in [0.4, 0.5) is 0 Å². The van der Waals surface area contributed by atoms with Gasteiger partial charge in [-0.1, -0.05) is 0 Å². The summed E-state index contributed by atoms with van der Waals surface area (Å²) in [5.74, 6) is 1.08. The Morgan fingerprint density at radius 3 is 1.80 bits per heavy atom. The average Bonchev–Trinajstić information content (AvgIpc) is 2.30. The van der Waals surface area contributed by atoms with Gasteiger partial charge in [0.2, 0.25) is 0 Å². The first-order valence-corrected chi connectivity index (χ1v) is 5.65. The maximum absolute atomic E-state index is 11.6. The van der Waals surface area contributed by atoms with E-state index in [-0.39, 0.29) is 0 Å². The Morgan fingerprint density at radius 2 is 1.40 bits per heavy atom. The summed E-state index contributed by atoms with van der Waals surface area (Å²) >= 11 is 0. The van der Waals surface area contributed by atoms with Crippen LogP contribution in [0.2, 0.25) is 0 Å². The molecule has 0 N–H and O–H groups in total. The van der Waals surface area contributed by atoms with E-state index in [1.54, 1.807) is 31.4 Å². The van der Waals surface area contributed by atoms with Crippen LogP contribution in [0.15, 0.2) is 24.3 Å². The molecule has 1 aromatic carbocycles. The minimum absolute atomic E-state index is 0.392. The molecule has 0 aliphatic rings. The molecule has 0 saturated heterocycles. The molecular weight excluding hydrogens is 219 g/mol. The molecule has 5 nitrogen and oxygen atoms in total. The van der Waals surface area contributed by atoms with Crippen molar-refractivity contribution in [1.29, 1.82) is 0 Å². The number of hydrogen-bond donors (Lipinski definition) is 0. The van der Waals surface area contributed by atoms with E-state index in [1.807, 2.05) is 0 Å². The maximum atomic E-state index is 11.6. The smallest absolute Gasteiger partial charge is 0.497 e. The predicted octanol–water partition coefficient (Wildman–Crippen LogP) is 2.47. The molecule has 0 amide bonds. The Kier molecular flexibility index (Phi) is 4.15. The van der Waals surface area contributed by atoms with Crippen molar-refractivity contribution in [3.05, 3.63) is 24.3 Å². The first-order valence-electron chi connectivity index (χ1n) is 4.18. The number of hydrogen-bond acceptors (Lipinski definition) is 5. The first-order chi connectivity index (χ1) is 7.13. The summed E-state index contributed by atoms with van der Waals surface area (Å²) in [5.41, 5.74) is 0. The molecule has 0 unspecified atom stereocenters. The lowest BCUT2D eigenvalue weighted by Crippen LogP contribution is -1.97. The lowest BCUT2D eigenvalue weighted by Gasteiger charge is -2.14. The molecule has 0 spiro atoms. The minimum Gasteiger partial charge on any atom is -0.497 e. The van der Waals surface area contributed by atoms with Crippen molar-refractivity contribution in [3.8, 4) is 11.5 Å². The topological polar surface area (TPSA) is 54.0 Å². The Bertz CT molecular complexity index is 340. The fourth-order valence-electron chi connectivity index (χ4n) is 0.915. The molecule has 0 aliphatic carbocycles. The second kappa shape index (κ2) is 5.16. The molecule has 84 valence electrons. The summed E-state index contributed by atoms with van der Waals surface area (Å²) in [6.45, 7) is 0. The van der Waals surface area contributed by atoms with Gasteiger partial charge < -0.3 is 9.26 Å². The quantitative estimate of drug-likeness (QED) is 0.730. The van der Waals surface area contributed by atoms with Crippen LogP contribution in [-0.2, 0) is 13.6 Å². The zero-order valence-corrected chi connectivity index (χ0v) is 9.69. The molecule has 15 heavy (non-hydrogen) atoms. The highest BCUT2D eigenvalue weighted by atomic mass is 31.2. The van der Waals surface area contributed by atoms with Crippen molar-refractivity contribution in [2.24, 2.45) is 0 Å².